The van der Waals surface area contributed by atoms with Gasteiger partial charge in [-0.1, -0.05) is 30.3 Å². The Morgan fingerprint density at radius 2 is 1.91 bits per heavy atom. The second kappa shape index (κ2) is 13.0. The Morgan fingerprint density at radius 1 is 1.09 bits per heavy atom. The predicted octanol–water partition coefficient (Wildman–Crippen LogP) is 5.90. The molecule has 1 aromatic heterocycles. The van der Waals surface area contributed by atoms with Crippen LogP contribution in [0.2, 0.25) is 0 Å². The third-order valence-electron chi connectivity index (χ3n) is 6.18. The maximum atomic E-state index is 12.2. The summed E-state index contributed by atoms with van der Waals surface area (Å²) in [4.78, 5) is 29.7. The van der Waals surface area contributed by atoms with Gasteiger partial charge in [0.1, 0.15) is 11.4 Å². The Morgan fingerprint density at radius 3 is 2.67 bits per heavy atom. The van der Waals surface area contributed by atoms with Gasteiger partial charge in [-0.15, -0.1) is 11.3 Å². The van der Waals surface area contributed by atoms with Crippen molar-refractivity contribution in [3.8, 4) is 28.5 Å². The second-order valence-electron chi connectivity index (χ2n) is 10.6. The molecule has 0 aliphatic carbocycles. The number of anilines is 1. The molecule has 0 bridgehead atoms. The van der Waals surface area contributed by atoms with Crippen LogP contribution in [0.5, 0.6) is 17.2 Å². The molecule has 4 aromatic rings. The number of benzene rings is 3. The second-order valence-corrected chi connectivity index (χ2v) is 11.4. The van der Waals surface area contributed by atoms with Crippen molar-refractivity contribution in [1.82, 2.24) is 4.68 Å². The van der Waals surface area contributed by atoms with Crippen LogP contribution in [-0.4, -0.2) is 48.8 Å². The van der Waals surface area contributed by atoms with E-state index in [1.807, 2.05) is 41.8 Å². The lowest BCUT2D eigenvalue weighted by Gasteiger charge is -2.19. The molecule has 0 unspecified atom stereocenters. The molecule has 0 spiro atoms. The van der Waals surface area contributed by atoms with E-state index in [0.717, 1.165) is 17.7 Å². The van der Waals surface area contributed by atoms with E-state index in [9.17, 15) is 9.59 Å². The largest absolute Gasteiger partial charge is 0.514 e. The quantitative estimate of drug-likeness (QED) is 0.153. The van der Waals surface area contributed by atoms with Gasteiger partial charge >= 0.3 is 6.16 Å². The van der Waals surface area contributed by atoms with Gasteiger partial charge in [0, 0.05) is 17.5 Å². The van der Waals surface area contributed by atoms with E-state index in [-0.39, 0.29) is 18.3 Å². The number of fused-ring (bicyclic) bond motifs is 1. The highest BCUT2D eigenvalue weighted by atomic mass is 32.1. The van der Waals surface area contributed by atoms with Crippen LogP contribution < -0.4 is 24.3 Å². The zero-order chi connectivity index (χ0) is 30.4. The van der Waals surface area contributed by atoms with Crippen LogP contribution in [-0.2, 0) is 16.0 Å². The summed E-state index contributed by atoms with van der Waals surface area (Å²) in [6.45, 7) is 5.86. The van der Waals surface area contributed by atoms with Crippen molar-refractivity contribution in [3.63, 3.8) is 0 Å². The Balaban J connectivity index is 1.46. The fourth-order valence-corrected chi connectivity index (χ4v) is 5.08. The zero-order valence-corrected chi connectivity index (χ0v) is 25.1. The Hall–Kier alpha value is -4.90. The van der Waals surface area contributed by atoms with Crippen LogP contribution in [0.15, 0.2) is 82.2 Å². The summed E-state index contributed by atoms with van der Waals surface area (Å²) in [6, 6.07) is 20.9. The first kappa shape index (κ1) is 29.6. The first-order valence-electron chi connectivity index (χ1n) is 13.6. The minimum atomic E-state index is -0.820. The molecule has 1 amide bonds. The number of ether oxygens (including phenoxy) is 4. The minimum absolute atomic E-state index is 0.00933. The van der Waals surface area contributed by atoms with Crippen molar-refractivity contribution >= 4 is 35.3 Å². The Labute approximate surface area is 253 Å². The maximum absolute atomic E-state index is 12.2. The van der Waals surface area contributed by atoms with E-state index >= 15 is 0 Å². The summed E-state index contributed by atoms with van der Waals surface area (Å²) >= 11 is 1.47. The molecule has 11 heteroatoms. The van der Waals surface area contributed by atoms with Crippen molar-refractivity contribution in [2.45, 2.75) is 32.8 Å². The molecular weight excluding hydrogens is 568 g/mol. The average molecular weight is 601 g/mol. The molecule has 3 aromatic carbocycles. The van der Waals surface area contributed by atoms with Gasteiger partial charge in [0.2, 0.25) is 4.80 Å². The summed E-state index contributed by atoms with van der Waals surface area (Å²) in [6.07, 6.45) is 1.64. The molecule has 0 fully saturated rings. The molecular formula is C32H32N4O6S. The molecule has 1 aliphatic rings. The number of hydrogen-bond donors (Lipinski definition) is 1. The Kier molecular flexibility index (Phi) is 8.91. The predicted molar refractivity (Wildman–Crippen MR) is 165 cm³/mol. The van der Waals surface area contributed by atoms with E-state index in [2.05, 4.69) is 17.4 Å². The van der Waals surface area contributed by atoms with Gasteiger partial charge in [0.05, 0.1) is 24.7 Å². The van der Waals surface area contributed by atoms with Gasteiger partial charge in [-0.3, -0.25) is 9.79 Å². The molecule has 1 N–H and O–H groups in total. The SMILES string of the molecule is COc1cc(C=Nn2c(-c3ccc4c(c3)NC(=O)CO4)csc2=NCCc2ccccc2)ccc1OC(=O)OC(C)(C)C. The minimum Gasteiger partial charge on any atom is -0.493 e. The first-order valence-corrected chi connectivity index (χ1v) is 14.5. The van der Waals surface area contributed by atoms with Crippen LogP contribution >= 0.6 is 11.3 Å². The molecule has 0 saturated carbocycles. The normalized spacial score (nSPS) is 13.3. The number of carbonyl (C=O) groups is 2. The number of nitrogens with zero attached hydrogens (tertiary/aromatic N) is 3. The molecule has 10 nitrogen and oxygen atoms in total. The van der Waals surface area contributed by atoms with E-state index in [0.29, 0.717) is 34.1 Å². The molecule has 0 atom stereocenters. The number of thiazole rings is 1. The first-order chi connectivity index (χ1) is 20.7. The van der Waals surface area contributed by atoms with Crippen molar-refractivity contribution in [2.75, 3.05) is 25.6 Å². The molecule has 0 radical (unpaired) electrons. The lowest BCUT2D eigenvalue weighted by Crippen LogP contribution is -2.26. The molecule has 222 valence electrons. The fraction of sp³-hybridized carbons (Fsp3) is 0.250. The van der Waals surface area contributed by atoms with Gasteiger partial charge in [-0.05, 0) is 74.7 Å². The summed E-state index contributed by atoms with van der Waals surface area (Å²) < 4.78 is 23.4. The van der Waals surface area contributed by atoms with Crippen molar-refractivity contribution < 1.29 is 28.5 Å². The molecule has 5 rings (SSSR count). The molecule has 2 heterocycles. The van der Waals surface area contributed by atoms with Crippen LogP contribution in [0.1, 0.15) is 31.9 Å². The number of hydrogen-bond acceptors (Lipinski definition) is 9. The van der Waals surface area contributed by atoms with Gasteiger partial charge < -0.3 is 24.3 Å². The number of amides is 1. The number of methoxy groups -OCH3 is 1. The van der Waals surface area contributed by atoms with Crippen molar-refractivity contribution in [1.29, 1.82) is 0 Å². The maximum Gasteiger partial charge on any atom is 0.514 e. The van der Waals surface area contributed by atoms with Gasteiger partial charge in [0.15, 0.2) is 18.1 Å². The molecule has 1 aliphatic heterocycles. The van der Waals surface area contributed by atoms with Crippen molar-refractivity contribution in [2.24, 2.45) is 10.1 Å². The summed E-state index contributed by atoms with van der Waals surface area (Å²) in [5.41, 5.74) is 3.44. The topological polar surface area (TPSA) is 113 Å². The monoisotopic (exact) mass is 600 g/mol. The highest BCUT2D eigenvalue weighted by molar-refractivity contribution is 7.07. The van der Waals surface area contributed by atoms with Gasteiger partial charge in [-0.25, -0.2) is 9.47 Å². The molecule has 43 heavy (non-hydrogen) atoms. The number of aromatic nitrogens is 1. The van der Waals surface area contributed by atoms with E-state index in [1.54, 1.807) is 49.9 Å². The third-order valence-corrected chi connectivity index (χ3v) is 7.03. The summed E-state index contributed by atoms with van der Waals surface area (Å²) in [5, 5.41) is 9.62. The van der Waals surface area contributed by atoms with Crippen LogP contribution in [0.25, 0.3) is 11.3 Å². The lowest BCUT2D eigenvalue weighted by molar-refractivity contribution is -0.118. The van der Waals surface area contributed by atoms with Gasteiger partial charge in [-0.2, -0.15) is 5.10 Å². The third kappa shape index (κ3) is 7.69. The van der Waals surface area contributed by atoms with Gasteiger partial charge in [0.25, 0.3) is 5.91 Å². The number of rotatable bonds is 8. The number of nitrogens with one attached hydrogen (secondary N) is 1. The van der Waals surface area contributed by atoms with E-state index in [1.165, 1.54) is 24.0 Å². The lowest BCUT2D eigenvalue weighted by atomic mass is 10.1. The highest BCUT2D eigenvalue weighted by Crippen LogP contribution is 2.33. The van der Waals surface area contributed by atoms with Crippen LogP contribution in [0.4, 0.5) is 10.5 Å². The standard InChI is InChI=1S/C32H32N4O6S/c1-32(2,3)42-31(38)41-27-12-10-22(16-28(27)39-4)18-34-36-25(23-11-13-26-24(17-23)35-29(37)19-40-26)20-43-30(36)33-15-14-21-8-6-5-7-9-21/h5-13,16-18,20H,14-15,19H2,1-4H3,(H,35,37). The smallest absolute Gasteiger partial charge is 0.493 e. The summed E-state index contributed by atoms with van der Waals surface area (Å²) in [5.74, 6) is 0.990. The van der Waals surface area contributed by atoms with E-state index in [4.69, 9.17) is 29.0 Å². The zero-order valence-electron chi connectivity index (χ0n) is 24.3. The average Bonchev–Trinajstić information content (AvgIpc) is 3.38. The highest BCUT2D eigenvalue weighted by Gasteiger charge is 2.20. The van der Waals surface area contributed by atoms with E-state index < -0.39 is 11.8 Å². The van der Waals surface area contributed by atoms with Crippen LogP contribution in [0.3, 0.4) is 0 Å². The Bertz CT molecular complexity index is 1720. The fourth-order valence-electron chi connectivity index (χ4n) is 4.22. The van der Waals surface area contributed by atoms with Crippen LogP contribution in [0, 0.1) is 0 Å². The van der Waals surface area contributed by atoms with Crippen molar-refractivity contribution in [3.05, 3.63) is 88.0 Å². The summed E-state index contributed by atoms with van der Waals surface area (Å²) in [7, 11) is 1.49. The molecule has 0 saturated heterocycles. The number of carbonyl (C=O) groups excluding carboxylic acids is 2.